The topological polar surface area (TPSA) is 46.3 Å². The van der Waals surface area contributed by atoms with Gasteiger partial charge in [-0.3, -0.25) is 4.79 Å². The number of carbonyl (C=O) groups excluding carboxylic acids is 1. The highest BCUT2D eigenvalue weighted by Crippen LogP contribution is 2.22. The SMILES string of the molecule is CC(C)(C)CN1CCC(CN)CC1=O. The Morgan fingerprint density at radius 2 is 2.14 bits per heavy atom. The predicted octanol–water partition coefficient (Wildman–Crippen LogP) is 1.23. The van der Waals surface area contributed by atoms with Crippen LogP contribution in [0.5, 0.6) is 0 Å². The smallest absolute Gasteiger partial charge is 0.222 e. The lowest BCUT2D eigenvalue weighted by molar-refractivity contribution is -0.136. The minimum atomic E-state index is 0.200. The van der Waals surface area contributed by atoms with Crippen LogP contribution in [0, 0.1) is 11.3 Å². The maximum absolute atomic E-state index is 11.7. The van der Waals surface area contributed by atoms with Gasteiger partial charge in [-0.2, -0.15) is 0 Å². The average molecular weight is 198 g/mol. The van der Waals surface area contributed by atoms with E-state index in [0.29, 0.717) is 18.9 Å². The minimum Gasteiger partial charge on any atom is -0.342 e. The van der Waals surface area contributed by atoms with Crippen molar-refractivity contribution in [3.8, 4) is 0 Å². The van der Waals surface area contributed by atoms with Crippen LogP contribution >= 0.6 is 0 Å². The number of amides is 1. The normalized spacial score (nSPS) is 24.1. The monoisotopic (exact) mass is 198 g/mol. The molecule has 82 valence electrons. The molecule has 0 radical (unpaired) electrons. The summed E-state index contributed by atoms with van der Waals surface area (Å²) in [5, 5.41) is 0. The van der Waals surface area contributed by atoms with Gasteiger partial charge in [-0.05, 0) is 24.3 Å². The van der Waals surface area contributed by atoms with E-state index in [4.69, 9.17) is 5.73 Å². The molecule has 1 fully saturated rings. The van der Waals surface area contributed by atoms with Crippen molar-refractivity contribution in [2.75, 3.05) is 19.6 Å². The van der Waals surface area contributed by atoms with Crippen molar-refractivity contribution in [1.29, 1.82) is 0 Å². The third-order valence-corrected chi connectivity index (χ3v) is 2.62. The van der Waals surface area contributed by atoms with Crippen molar-refractivity contribution >= 4 is 5.91 Å². The lowest BCUT2D eigenvalue weighted by Crippen LogP contribution is -2.44. The molecule has 3 nitrogen and oxygen atoms in total. The Morgan fingerprint density at radius 1 is 1.50 bits per heavy atom. The molecule has 1 saturated heterocycles. The molecule has 1 heterocycles. The van der Waals surface area contributed by atoms with Gasteiger partial charge in [0.25, 0.3) is 0 Å². The average Bonchev–Trinajstić information content (AvgIpc) is 2.06. The van der Waals surface area contributed by atoms with E-state index in [-0.39, 0.29) is 11.3 Å². The summed E-state index contributed by atoms with van der Waals surface area (Å²) >= 11 is 0. The Morgan fingerprint density at radius 3 is 2.57 bits per heavy atom. The van der Waals surface area contributed by atoms with Crippen molar-refractivity contribution in [2.45, 2.75) is 33.6 Å². The molecule has 0 spiro atoms. The van der Waals surface area contributed by atoms with Crippen LogP contribution in [0.3, 0.4) is 0 Å². The highest BCUT2D eigenvalue weighted by molar-refractivity contribution is 5.77. The zero-order valence-corrected chi connectivity index (χ0v) is 9.55. The third kappa shape index (κ3) is 3.29. The van der Waals surface area contributed by atoms with E-state index >= 15 is 0 Å². The van der Waals surface area contributed by atoms with Crippen molar-refractivity contribution in [1.82, 2.24) is 4.90 Å². The van der Waals surface area contributed by atoms with E-state index in [2.05, 4.69) is 20.8 Å². The number of hydrogen-bond donors (Lipinski definition) is 1. The third-order valence-electron chi connectivity index (χ3n) is 2.62. The quantitative estimate of drug-likeness (QED) is 0.725. The molecular weight excluding hydrogens is 176 g/mol. The van der Waals surface area contributed by atoms with E-state index in [1.807, 2.05) is 4.90 Å². The number of nitrogens with two attached hydrogens (primary N) is 1. The van der Waals surface area contributed by atoms with Crippen LogP contribution in [-0.4, -0.2) is 30.4 Å². The van der Waals surface area contributed by atoms with E-state index in [1.54, 1.807) is 0 Å². The first-order chi connectivity index (χ1) is 6.42. The summed E-state index contributed by atoms with van der Waals surface area (Å²) in [5.74, 6) is 0.695. The second-order valence-electron chi connectivity index (χ2n) is 5.47. The first-order valence-corrected chi connectivity index (χ1v) is 5.40. The molecule has 14 heavy (non-hydrogen) atoms. The fraction of sp³-hybridized carbons (Fsp3) is 0.909. The number of rotatable bonds is 2. The molecule has 3 heteroatoms. The molecule has 1 unspecified atom stereocenters. The Bertz CT molecular complexity index is 208. The van der Waals surface area contributed by atoms with Gasteiger partial charge in [-0.1, -0.05) is 20.8 Å². The lowest BCUT2D eigenvalue weighted by Gasteiger charge is -2.35. The van der Waals surface area contributed by atoms with E-state index in [1.165, 1.54) is 0 Å². The van der Waals surface area contributed by atoms with Crippen LogP contribution in [0.2, 0.25) is 0 Å². The fourth-order valence-electron chi connectivity index (χ4n) is 1.88. The highest BCUT2D eigenvalue weighted by Gasteiger charge is 2.27. The van der Waals surface area contributed by atoms with Gasteiger partial charge < -0.3 is 10.6 Å². The molecule has 1 amide bonds. The van der Waals surface area contributed by atoms with Gasteiger partial charge in [-0.15, -0.1) is 0 Å². The van der Waals surface area contributed by atoms with Crippen molar-refractivity contribution in [3.05, 3.63) is 0 Å². The summed E-state index contributed by atoms with van der Waals surface area (Å²) in [4.78, 5) is 13.7. The minimum absolute atomic E-state index is 0.200. The summed E-state index contributed by atoms with van der Waals surface area (Å²) in [6.07, 6.45) is 1.71. The summed E-state index contributed by atoms with van der Waals surface area (Å²) in [6.45, 7) is 8.89. The van der Waals surface area contributed by atoms with Crippen LogP contribution < -0.4 is 5.73 Å². The maximum atomic E-state index is 11.7. The molecule has 2 N–H and O–H groups in total. The van der Waals surface area contributed by atoms with Gasteiger partial charge in [-0.25, -0.2) is 0 Å². The summed E-state index contributed by atoms with van der Waals surface area (Å²) in [5.41, 5.74) is 5.77. The fourth-order valence-corrected chi connectivity index (χ4v) is 1.88. The Hall–Kier alpha value is -0.570. The standard InChI is InChI=1S/C11H22N2O/c1-11(2,3)8-13-5-4-9(7-12)6-10(13)14/h9H,4-8,12H2,1-3H3. The van der Waals surface area contributed by atoms with Gasteiger partial charge in [0.05, 0.1) is 0 Å². The Balaban J connectivity index is 2.46. The lowest BCUT2D eigenvalue weighted by atomic mass is 9.91. The molecule has 1 aliphatic heterocycles. The first kappa shape index (κ1) is 11.5. The van der Waals surface area contributed by atoms with Crippen LogP contribution in [0.4, 0.5) is 0 Å². The van der Waals surface area contributed by atoms with Gasteiger partial charge in [0, 0.05) is 19.5 Å². The van der Waals surface area contributed by atoms with Crippen LogP contribution in [-0.2, 0) is 4.79 Å². The second-order valence-corrected chi connectivity index (χ2v) is 5.47. The molecule has 0 aromatic carbocycles. The summed E-state index contributed by atoms with van der Waals surface area (Å²) < 4.78 is 0. The van der Waals surface area contributed by atoms with Gasteiger partial charge in [0.15, 0.2) is 0 Å². The maximum Gasteiger partial charge on any atom is 0.222 e. The Kier molecular flexibility index (Phi) is 3.53. The number of likely N-dealkylation sites (tertiary alicyclic amines) is 1. The summed E-state index contributed by atoms with van der Waals surface area (Å²) in [6, 6.07) is 0. The number of carbonyl (C=O) groups is 1. The number of nitrogens with zero attached hydrogens (tertiary/aromatic N) is 1. The first-order valence-electron chi connectivity index (χ1n) is 5.40. The molecule has 0 aliphatic carbocycles. The predicted molar refractivity (Wildman–Crippen MR) is 57.8 cm³/mol. The highest BCUT2D eigenvalue weighted by atomic mass is 16.2. The molecule has 0 aromatic heterocycles. The molecule has 1 atom stereocenters. The molecular formula is C11H22N2O. The van der Waals surface area contributed by atoms with Crippen molar-refractivity contribution in [2.24, 2.45) is 17.1 Å². The van der Waals surface area contributed by atoms with Crippen LogP contribution in [0.15, 0.2) is 0 Å². The number of hydrogen-bond acceptors (Lipinski definition) is 2. The zero-order valence-electron chi connectivity index (χ0n) is 9.55. The molecule has 0 saturated carbocycles. The van der Waals surface area contributed by atoms with Crippen LogP contribution in [0.25, 0.3) is 0 Å². The zero-order chi connectivity index (χ0) is 10.8. The van der Waals surface area contributed by atoms with Gasteiger partial charge >= 0.3 is 0 Å². The largest absolute Gasteiger partial charge is 0.342 e. The molecule has 0 bridgehead atoms. The van der Waals surface area contributed by atoms with Gasteiger partial charge in [0.1, 0.15) is 0 Å². The van der Waals surface area contributed by atoms with Crippen molar-refractivity contribution < 1.29 is 4.79 Å². The van der Waals surface area contributed by atoms with Gasteiger partial charge in [0.2, 0.25) is 5.91 Å². The molecule has 1 rings (SSSR count). The molecule has 0 aromatic rings. The summed E-state index contributed by atoms with van der Waals surface area (Å²) in [7, 11) is 0. The van der Waals surface area contributed by atoms with E-state index in [0.717, 1.165) is 19.5 Å². The van der Waals surface area contributed by atoms with E-state index < -0.39 is 0 Å². The van der Waals surface area contributed by atoms with E-state index in [9.17, 15) is 4.79 Å². The molecule has 1 aliphatic rings. The second kappa shape index (κ2) is 4.30. The van der Waals surface area contributed by atoms with Crippen LogP contribution in [0.1, 0.15) is 33.6 Å². The van der Waals surface area contributed by atoms with Crippen molar-refractivity contribution in [3.63, 3.8) is 0 Å². The Labute approximate surface area is 86.6 Å². The number of piperidine rings is 1.